The molecule has 7 rings (SSSR count). The maximum Gasteiger partial charge on any atom is 0.335 e. The van der Waals surface area contributed by atoms with E-state index >= 15 is 0 Å². The molecule has 0 aliphatic carbocycles. The number of pyridine rings is 1. The molecule has 0 unspecified atom stereocenters. The maximum atomic E-state index is 11.6. The molecule has 0 bridgehead atoms. The predicted octanol–water partition coefficient (Wildman–Crippen LogP) is 6.11. The molecule has 41 heavy (non-hydrogen) atoms. The normalized spacial score (nSPS) is 17.1. The summed E-state index contributed by atoms with van der Waals surface area (Å²) in [7, 11) is 0. The SMILES string of the molecule is O=C(O)c1ccc2nc(CN3CCc4cc(Cl)c(OCc5ccc(Cl)c6ccoc56)nc4C3)n(C[C@@H]3CCO3)c2c1. The number of halogens is 2. The highest BCUT2D eigenvalue weighted by Gasteiger charge is 2.26. The summed E-state index contributed by atoms with van der Waals surface area (Å²) >= 11 is 12.8. The number of benzene rings is 2. The second-order valence-electron chi connectivity index (χ2n) is 10.4. The number of aromatic carboxylic acids is 1. The van der Waals surface area contributed by atoms with Crippen LogP contribution in [-0.4, -0.2) is 49.8 Å². The van der Waals surface area contributed by atoms with Gasteiger partial charge in [0.25, 0.3) is 0 Å². The summed E-state index contributed by atoms with van der Waals surface area (Å²) in [5.41, 5.74) is 5.37. The lowest BCUT2D eigenvalue weighted by atomic mass is 10.1. The number of carbonyl (C=O) groups is 1. The van der Waals surface area contributed by atoms with Gasteiger partial charge in [0.05, 0.1) is 52.8 Å². The third kappa shape index (κ3) is 5.04. The Morgan fingerprint density at radius 1 is 1.12 bits per heavy atom. The van der Waals surface area contributed by atoms with Gasteiger partial charge in [0, 0.05) is 30.6 Å². The highest BCUT2D eigenvalue weighted by Crippen LogP contribution is 2.32. The quantitative estimate of drug-likeness (QED) is 0.230. The van der Waals surface area contributed by atoms with Gasteiger partial charge < -0.3 is 23.6 Å². The number of furan rings is 1. The van der Waals surface area contributed by atoms with Crippen LogP contribution >= 0.6 is 23.2 Å². The van der Waals surface area contributed by atoms with Crippen molar-refractivity contribution >= 4 is 51.2 Å². The highest BCUT2D eigenvalue weighted by molar-refractivity contribution is 6.35. The third-order valence-electron chi connectivity index (χ3n) is 7.81. The Bertz CT molecular complexity index is 1800. The molecule has 0 spiro atoms. The van der Waals surface area contributed by atoms with Crippen LogP contribution in [0.15, 0.2) is 53.1 Å². The van der Waals surface area contributed by atoms with Crippen molar-refractivity contribution in [2.24, 2.45) is 0 Å². The molecule has 1 saturated heterocycles. The molecule has 2 aliphatic heterocycles. The van der Waals surface area contributed by atoms with E-state index in [0.29, 0.717) is 41.1 Å². The maximum absolute atomic E-state index is 11.6. The zero-order valence-corrected chi connectivity index (χ0v) is 23.5. The number of rotatable bonds is 8. The fraction of sp³-hybridized carbons (Fsp3) is 0.300. The lowest BCUT2D eigenvalue weighted by Crippen LogP contribution is -2.34. The Morgan fingerprint density at radius 2 is 2.00 bits per heavy atom. The van der Waals surface area contributed by atoms with E-state index in [9.17, 15) is 9.90 Å². The van der Waals surface area contributed by atoms with E-state index in [1.54, 1.807) is 24.5 Å². The Morgan fingerprint density at radius 3 is 2.80 bits per heavy atom. The predicted molar refractivity (Wildman–Crippen MR) is 154 cm³/mol. The van der Waals surface area contributed by atoms with Crippen molar-refractivity contribution in [3.63, 3.8) is 0 Å². The van der Waals surface area contributed by atoms with Crippen LogP contribution < -0.4 is 4.74 Å². The van der Waals surface area contributed by atoms with E-state index in [1.165, 1.54) is 0 Å². The van der Waals surface area contributed by atoms with E-state index < -0.39 is 5.97 Å². The molecule has 210 valence electrons. The Balaban J connectivity index is 1.12. The number of nitrogens with zero attached hydrogens (tertiary/aromatic N) is 4. The van der Waals surface area contributed by atoms with E-state index in [0.717, 1.165) is 65.1 Å². The molecule has 5 aromatic rings. The van der Waals surface area contributed by atoms with Gasteiger partial charge in [-0.25, -0.2) is 14.8 Å². The van der Waals surface area contributed by atoms with E-state index in [-0.39, 0.29) is 18.3 Å². The summed E-state index contributed by atoms with van der Waals surface area (Å²) in [4.78, 5) is 23.6. The molecule has 9 nitrogen and oxygen atoms in total. The molecular formula is C30H26Cl2N4O5. The number of hydrogen-bond donors (Lipinski definition) is 1. The minimum Gasteiger partial charge on any atom is -0.478 e. The molecule has 0 saturated carbocycles. The summed E-state index contributed by atoms with van der Waals surface area (Å²) in [5.74, 6) is 0.288. The molecule has 2 aliphatic rings. The lowest BCUT2D eigenvalue weighted by molar-refractivity contribution is -0.0592. The van der Waals surface area contributed by atoms with Gasteiger partial charge in [0.15, 0.2) is 0 Å². The van der Waals surface area contributed by atoms with Crippen LogP contribution in [0, 0.1) is 0 Å². The van der Waals surface area contributed by atoms with Gasteiger partial charge in [-0.3, -0.25) is 4.90 Å². The van der Waals surface area contributed by atoms with Crippen molar-refractivity contribution in [3.8, 4) is 5.88 Å². The van der Waals surface area contributed by atoms with Gasteiger partial charge in [-0.2, -0.15) is 0 Å². The molecule has 1 atom stereocenters. The van der Waals surface area contributed by atoms with Crippen molar-refractivity contribution in [3.05, 3.63) is 87.0 Å². The van der Waals surface area contributed by atoms with E-state index in [4.69, 9.17) is 47.1 Å². The monoisotopic (exact) mass is 592 g/mol. The summed E-state index contributed by atoms with van der Waals surface area (Å²) < 4.78 is 19.5. The van der Waals surface area contributed by atoms with Crippen molar-refractivity contribution in [2.45, 2.75) is 45.2 Å². The van der Waals surface area contributed by atoms with Crippen molar-refractivity contribution in [1.82, 2.24) is 19.4 Å². The Kier molecular flexibility index (Phi) is 6.83. The van der Waals surface area contributed by atoms with E-state index in [2.05, 4.69) is 9.47 Å². The average Bonchev–Trinajstić information content (AvgIpc) is 3.56. The molecule has 5 heterocycles. The Labute approximate surface area is 245 Å². The first-order valence-electron chi connectivity index (χ1n) is 13.4. The van der Waals surface area contributed by atoms with Gasteiger partial charge in [-0.1, -0.05) is 29.3 Å². The van der Waals surface area contributed by atoms with Crippen LogP contribution in [0.25, 0.3) is 22.0 Å². The third-order valence-corrected chi connectivity index (χ3v) is 8.41. The van der Waals surface area contributed by atoms with Crippen LogP contribution in [0.4, 0.5) is 0 Å². The molecule has 0 amide bonds. The first-order valence-corrected chi connectivity index (χ1v) is 14.2. The standard InChI is InChI=1S/C30H26Cl2N4O5/c31-22-3-1-19(28-21(22)7-10-40-28)16-41-29-23(32)11-17-5-8-35(14-25(17)34-29)15-27-33-24-4-2-18(30(37)38)12-26(24)36(27)13-20-6-9-39-20/h1-4,7,10-12,20H,5-6,8-9,13-16H2,(H,37,38)/t20-/m0/s1. The molecule has 0 radical (unpaired) electrons. The molecule has 1 N–H and O–H groups in total. The number of fused-ring (bicyclic) bond motifs is 3. The largest absolute Gasteiger partial charge is 0.478 e. The van der Waals surface area contributed by atoms with Gasteiger partial charge in [-0.05, 0) is 54.8 Å². The van der Waals surface area contributed by atoms with Gasteiger partial charge in [-0.15, -0.1) is 0 Å². The van der Waals surface area contributed by atoms with Crippen LogP contribution in [0.5, 0.6) is 5.88 Å². The number of ether oxygens (including phenoxy) is 2. The van der Waals surface area contributed by atoms with Gasteiger partial charge >= 0.3 is 5.97 Å². The van der Waals surface area contributed by atoms with Gasteiger partial charge in [0.2, 0.25) is 5.88 Å². The minimum atomic E-state index is -0.957. The van der Waals surface area contributed by atoms with Crippen molar-refractivity contribution < 1.29 is 23.8 Å². The summed E-state index contributed by atoms with van der Waals surface area (Å²) in [6.07, 6.45) is 3.48. The fourth-order valence-electron chi connectivity index (χ4n) is 5.51. The molecular weight excluding hydrogens is 567 g/mol. The minimum absolute atomic E-state index is 0.105. The summed E-state index contributed by atoms with van der Waals surface area (Å²) in [5, 5.41) is 11.5. The van der Waals surface area contributed by atoms with Crippen LogP contribution in [0.2, 0.25) is 10.0 Å². The van der Waals surface area contributed by atoms with Crippen LogP contribution in [0.1, 0.15) is 39.4 Å². The van der Waals surface area contributed by atoms with Crippen molar-refractivity contribution in [2.75, 3.05) is 13.2 Å². The second kappa shape index (κ2) is 10.6. The zero-order chi connectivity index (χ0) is 28.1. The first-order chi connectivity index (χ1) is 19.9. The number of imidazole rings is 1. The fourth-order valence-corrected chi connectivity index (χ4v) is 5.95. The second-order valence-corrected chi connectivity index (χ2v) is 11.2. The summed E-state index contributed by atoms with van der Waals surface area (Å²) in [6.45, 7) is 3.64. The molecule has 11 heteroatoms. The topological polar surface area (TPSA) is 103 Å². The highest BCUT2D eigenvalue weighted by atomic mass is 35.5. The van der Waals surface area contributed by atoms with Crippen molar-refractivity contribution in [1.29, 1.82) is 0 Å². The van der Waals surface area contributed by atoms with Crippen LogP contribution in [-0.2, 0) is 37.4 Å². The van der Waals surface area contributed by atoms with Gasteiger partial charge in [0.1, 0.15) is 23.0 Å². The molecule has 2 aromatic carbocycles. The average molecular weight is 593 g/mol. The zero-order valence-electron chi connectivity index (χ0n) is 22.0. The Hall–Kier alpha value is -3.63. The van der Waals surface area contributed by atoms with Crippen LogP contribution in [0.3, 0.4) is 0 Å². The molecule has 3 aromatic heterocycles. The number of aromatic nitrogens is 3. The number of carboxylic acid groups (broad SMARTS) is 1. The smallest absolute Gasteiger partial charge is 0.335 e. The first kappa shape index (κ1) is 26.3. The number of hydrogen-bond acceptors (Lipinski definition) is 7. The van der Waals surface area contributed by atoms with E-state index in [1.807, 2.05) is 24.3 Å². The number of carboxylic acids is 1. The lowest BCUT2D eigenvalue weighted by Gasteiger charge is -2.30. The summed E-state index contributed by atoms with van der Waals surface area (Å²) in [6, 6.07) is 12.5. The molecule has 1 fully saturated rings.